The second kappa shape index (κ2) is 3.95. The first-order valence-corrected chi connectivity index (χ1v) is 5.87. The van der Waals surface area contributed by atoms with Gasteiger partial charge in [0.1, 0.15) is 0 Å². The average molecular weight is 203 g/mol. The minimum atomic E-state index is 0.352. The van der Waals surface area contributed by atoms with E-state index in [-0.39, 0.29) is 0 Å². The van der Waals surface area contributed by atoms with Gasteiger partial charge in [-0.3, -0.25) is 0 Å². The summed E-state index contributed by atoms with van der Waals surface area (Å²) >= 11 is 0. The van der Waals surface area contributed by atoms with E-state index in [0.717, 1.165) is 19.7 Å². The lowest BCUT2D eigenvalue weighted by Gasteiger charge is -2.23. The topological polar surface area (TPSA) is 21.3 Å². The Morgan fingerprint density at radius 2 is 2.07 bits per heavy atom. The van der Waals surface area contributed by atoms with Crippen molar-refractivity contribution in [2.45, 2.75) is 38.5 Å². The summed E-state index contributed by atoms with van der Waals surface area (Å²) < 4.78 is 5.80. The highest BCUT2D eigenvalue weighted by molar-refractivity contribution is 5.35. The van der Waals surface area contributed by atoms with Gasteiger partial charge < -0.3 is 10.1 Å². The van der Waals surface area contributed by atoms with E-state index in [2.05, 4.69) is 23.5 Å². The molecule has 1 fully saturated rings. The highest BCUT2D eigenvalue weighted by atomic mass is 16.5. The van der Waals surface area contributed by atoms with Crippen molar-refractivity contribution >= 4 is 0 Å². The van der Waals surface area contributed by atoms with Crippen molar-refractivity contribution in [3.05, 3.63) is 34.9 Å². The predicted octanol–water partition coefficient (Wildman–Crippen LogP) is 2.53. The molecule has 2 heteroatoms. The molecule has 80 valence electrons. The van der Waals surface area contributed by atoms with Gasteiger partial charge in [0.15, 0.2) is 0 Å². The molecule has 0 aromatic heterocycles. The van der Waals surface area contributed by atoms with E-state index in [9.17, 15) is 0 Å². The van der Waals surface area contributed by atoms with E-state index in [1.54, 1.807) is 0 Å². The Hall–Kier alpha value is -0.860. The maximum Gasteiger partial charge on any atom is 0.0825 e. The number of rotatable bonds is 1. The summed E-state index contributed by atoms with van der Waals surface area (Å²) in [7, 11) is 0. The van der Waals surface area contributed by atoms with E-state index in [1.807, 2.05) is 0 Å². The summed E-state index contributed by atoms with van der Waals surface area (Å²) in [5.41, 5.74) is 4.29. The Labute approximate surface area is 90.6 Å². The lowest BCUT2D eigenvalue weighted by Crippen LogP contribution is -2.11. The predicted molar refractivity (Wildman–Crippen MR) is 59.5 cm³/mol. The van der Waals surface area contributed by atoms with Crippen LogP contribution < -0.4 is 5.32 Å². The molecule has 0 radical (unpaired) electrons. The molecule has 0 aliphatic carbocycles. The van der Waals surface area contributed by atoms with Crippen LogP contribution in [0.15, 0.2) is 18.2 Å². The van der Waals surface area contributed by atoms with Crippen LogP contribution >= 0.6 is 0 Å². The van der Waals surface area contributed by atoms with E-state index >= 15 is 0 Å². The molecule has 0 saturated carbocycles. The van der Waals surface area contributed by atoms with Gasteiger partial charge in [-0.25, -0.2) is 0 Å². The molecule has 1 aromatic carbocycles. The maximum absolute atomic E-state index is 5.80. The van der Waals surface area contributed by atoms with Crippen LogP contribution in [0.5, 0.6) is 0 Å². The summed E-state index contributed by atoms with van der Waals surface area (Å²) in [5.74, 6) is 0. The van der Waals surface area contributed by atoms with Gasteiger partial charge in [0.25, 0.3) is 0 Å². The summed E-state index contributed by atoms with van der Waals surface area (Å²) in [4.78, 5) is 0. The lowest BCUT2D eigenvalue weighted by molar-refractivity contribution is 0.0149. The van der Waals surface area contributed by atoms with Crippen LogP contribution in [0, 0.1) is 0 Å². The molecule has 1 saturated heterocycles. The number of nitrogens with one attached hydrogen (secondary N) is 1. The van der Waals surface area contributed by atoms with Gasteiger partial charge in [-0.05, 0) is 36.0 Å². The summed E-state index contributed by atoms with van der Waals surface area (Å²) in [5, 5.41) is 3.38. The molecule has 2 heterocycles. The second-order valence-electron chi connectivity index (χ2n) is 4.49. The van der Waals surface area contributed by atoms with Gasteiger partial charge in [0.2, 0.25) is 0 Å². The van der Waals surface area contributed by atoms with Crippen molar-refractivity contribution in [3.8, 4) is 0 Å². The average Bonchev–Trinajstić information content (AvgIpc) is 2.77. The van der Waals surface area contributed by atoms with Crippen LogP contribution in [0.2, 0.25) is 0 Å². The van der Waals surface area contributed by atoms with Gasteiger partial charge in [-0.15, -0.1) is 0 Å². The molecule has 15 heavy (non-hydrogen) atoms. The molecule has 2 nitrogen and oxygen atoms in total. The minimum absolute atomic E-state index is 0.352. The van der Waals surface area contributed by atoms with E-state index in [0.29, 0.717) is 6.10 Å². The van der Waals surface area contributed by atoms with Crippen molar-refractivity contribution < 1.29 is 4.74 Å². The van der Waals surface area contributed by atoms with Crippen LogP contribution in [-0.4, -0.2) is 6.61 Å². The highest BCUT2D eigenvalue weighted by Gasteiger charge is 2.18. The molecule has 0 bridgehead atoms. The van der Waals surface area contributed by atoms with Gasteiger partial charge in [0.05, 0.1) is 6.10 Å². The van der Waals surface area contributed by atoms with Gasteiger partial charge in [-0.1, -0.05) is 18.2 Å². The Bertz CT molecular complexity index is 356. The molecule has 1 unspecified atom stereocenters. The van der Waals surface area contributed by atoms with E-state index < -0.39 is 0 Å². The minimum Gasteiger partial charge on any atom is -0.374 e. The third-order valence-electron chi connectivity index (χ3n) is 3.41. The molecule has 0 amide bonds. The first-order valence-electron chi connectivity index (χ1n) is 5.87. The molecule has 1 aromatic rings. The van der Waals surface area contributed by atoms with Crippen LogP contribution in [0.3, 0.4) is 0 Å². The number of ether oxygens (including phenoxy) is 1. The molecular formula is C13H17NO. The number of benzene rings is 1. The Kier molecular flexibility index (Phi) is 2.47. The molecule has 2 aliphatic heterocycles. The second-order valence-corrected chi connectivity index (χ2v) is 4.49. The largest absolute Gasteiger partial charge is 0.374 e. The highest BCUT2D eigenvalue weighted by Crippen LogP contribution is 2.29. The number of hydrogen-bond acceptors (Lipinski definition) is 2. The summed E-state index contributed by atoms with van der Waals surface area (Å²) in [6, 6.07) is 6.82. The Morgan fingerprint density at radius 3 is 2.93 bits per heavy atom. The van der Waals surface area contributed by atoms with Crippen molar-refractivity contribution in [1.29, 1.82) is 0 Å². The number of hydrogen-bond donors (Lipinski definition) is 1. The van der Waals surface area contributed by atoms with Gasteiger partial charge in [-0.2, -0.15) is 0 Å². The van der Waals surface area contributed by atoms with Crippen LogP contribution in [-0.2, 0) is 17.8 Å². The van der Waals surface area contributed by atoms with Crippen molar-refractivity contribution in [2.24, 2.45) is 0 Å². The quantitative estimate of drug-likeness (QED) is 0.757. The third kappa shape index (κ3) is 1.80. The normalized spacial score (nSPS) is 25.2. The van der Waals surface area contributed by atoms with Crippen molar-refractivity contribution in [2.75, 3.05) is 6.61 Å². The molecular weight excluding hydrogens is 186 g/mol. The van der Waals surface area contributed by atoms with Crippen LogP contribution in [0.1, 0.15) is 42.1 Å². The monoisotopic (exact) mass is 203 g/mol. The van der Waals surface area contributed by atoms with Crippen molar-refractivity contribution in [1.82, 2.24) is 5.32 Å². The molecule has 2 aliphatic rings. The summed E-state index contributed by atoms with van der Waals surface area (Å²) in [6.45, 7) is 2.98. The SMILES string of the molecule is c1cc2c(cc1C1CCCCO1)CNC2. The Morgan fingerprint density at radius 1 is 1.13 bits per heavy atom. The van der Waals surface area contributed by atoms with Crippen molar-refractivity contribution in [3.63, 3.8) is 0 Å². The van der Waals surface area contributed by atoms with Crippen LogP contribution in [0.4, 0.5) is 0 Å². The number of fused-ring (bicyclic) bond motifs is 1. The molecule has 3 rings (SSSR count). The Balaban J connectivity index is 1.85. The standard InChI is InChI=1S/C13H17NO/c1-2-6-15-13(3-1)10-4-5-11-8-14-9-12(11)7-10/h4-5,7,13-14H,1-3,6,8-9H2. The zero-order valence-corrected chi connectivity index (χ0v) is 8.96. The smallest absolute Gasteiger partial charge is 0.0825 e. The first kappa shape index (κ1) is 9.37. The fraction of sp³-hybridized carbons (Fsp3) is 0.538. The van der Waals surface area contributed by atoms with Gasteiger partial charge >= 0.3 is 0 Å². The fourth-order valence-corrected chi connectivity index (χ4v) is 2.52. The molecule has 1 atom stereocenters. The maximum atomic E-state index is 5.80. The van der Waals surface area contributed by atoms with E-state index in [1.165, 1.54) is 36.0 Å². The zero-order valence-electron chi connectivity index (χ0n) is 8.96. The zero-order chi connectivity index (χ0) is 10.1. The third-order valence-corrected chi connectivity index (χ3v) is 3.41. The molecule has 1 N–H and O–H groups in total. The van der Waals surface area contributed by atoms with Gasteiger partial charge in [0, 0.05) is 19.7 Å². The lowest BCUT2D eigenvalue weighted by atomic mass is 9.98. The molecule has 0 spiro atoms. The fourth-order valence-electron chi connectivity index (χ4n) is 2.52. The first-order chi connectivity index (χ1) is 7.43. The summed E-state index contributed by atoms with van der Waals surface area (Å²) in [6.07, 6.45) is 4.07. The van der Waals surface area contributed by atoms with Crippen LogP contribution in [0.25, 0.3) is 0 Å². The van der Waals surface area contributed by atoms with E-state index in [4.69, 9.17) is 4.74 Å².